The number of hydrogen-bond donors (Lipinski definition) is 2. The molecule has 6 heteroatoms. The second-order valence-electron chi connectivity index (χ2n) is 5.97. The smallest absolute Gasteiger partial charge is 0.416 e. The Hall–Kier alpha value is -1.82. The maximum absolute atomic E-state index is 12.7. The first kappa shape index (κ1) is 15.6. The SMILES string of the molecule is CC(C)(C)NCc1cc(O)c2ccc(C(F)(F)F)cc2n1. The van der Waals surface area contributed by atoms with Crippen LogP contribution in [0.1, 0.15) is 32.0 Å². The highest BCUT2D eigenvalue weighted by Crippen LogP contribution is 2.33. The van der Waals surface area contributed by atoms with Gasteiger partial charge in [0.25, 0.3) is 0 Å². The largest absolute Gasteiger partial charge is 0.507 e. The minimum Gasteiger partial charge on any atom is -0.507 e. The van der Waals surface area contributed by atoms with Crippen LogP contribution in [0.2, 0.25) is 0 Å². The molecule has 0 bridgehead atoms. The van der Waals surface area contributed by atoms with E-state index in [0.29, 0.717) is 17.6 Å². The summed E-state index contributed by atoms with van der Waals surface area (Å²) >= 11 is 0. The van der Waals surface area contributed by atoms with Crippen molar-refractivity contribution in [3.63, 3.8) is 0 Å². The van der Waals surface area contributed by atoms with Crippen LogP contribution in [0, 0.1) is 0 Å². The molecule has 1 heterocycles. The molecule has 0 saturated heterocycles. The van der Waals surface area contributed by atoms with E-state index in [4.69, 9.17) is 0 Å². The maximum atomic E-state index is 12.7. The maximum Gasteiger partial charge on any atom is 0.416 e. The van der Waals surface area contributed by atoms with Crippen LogP contribution in [0.4, 0.5) is 13.2 Å². The lowest BCUT2D eigenvalue weighted by Gasteiger charge is -2.20. The lowest BCUT2D eigenvalue weighted by Crippen LogP contribution is -2.35. The highest BCUT2D eigenvalue weighted by atomic mass is 19.4. The van der Waals surface area contributed by atoms with Gasteiger partial charge in [0.2, 0.25) is 0 Å². The molecule has 0 aliphatic heterocycles. The van der Waals surface area contributed by atoms with Crippen LogP contribution in [0.5, 0.6) is 5.75 Å². The Labute approximate surface area is 120 Å². The Bertz CT molecular complexity index is 660. The second kappa shape index (κ2) is 5.18. The molecule has 0 unspecified atom stereocenters. The average Bonchev–Trinajstić information content (AvgIpc) is 2.34. The molecular formula is C15H17F3N2O. The summed E-state index contributed by atoms with van der Waals surface area (Å²) in [7, 11) is 0. The van der Waals surface area contributed by atoms with Gasteiger partial charge in [-0.1, -0.05) is 0 Å². The Balaban J connectivity index is 2.42. The molecule has 1 aromatic carbocycles. The van der Waals surface area contributed by atoms with E-state index in [1.807, 2.05) is 20.8 Å². The zero-order valence-corrected chi connectivity index (χ0v) is 12.0. The molecule has 0 saturated carbocycles. The van der Waals surface area contributed by atoms with Crippen LogP contribution < -0.4 is 5.32 Å². The molecule has 0 atom stereocenters. The van der Waals surface area contributed by atoms with Gasteiger partial charge in [-0.05, 0) is 39.0 Å². The number of aromatic nitrogens is 1. The van der Waals surface area contributed by atoms with Crippen LogP contribution in [-0.4, -0.2) is 15.6 Å². The number of nitrogens with one attached hydrogen (secondary N) is 1. The molecule has 0 spiro atoms. The molecule has 114 valence electrons. The summed E-state index contributed by atoms with van der Waals surface area (Å²) in [6.45, 7) is 6.27. The lowest BCUT2D eigenvalue weighted by atomic mass is 10.1. The molecule has 2 rings (SSSR count). The quantitative estimate of drug-likeness (QED) is 0.885. The summed E-state index contributed by atoms with van der Waals surface area (Å²) in [4.78, 5) is 4.19. The first-order valence-corrected chi connectivity index (χ1v) is 6.51. The number of alkyl halides is 3. The van der Waals surface area contributed by atoms with Crippen molar-refractivity contribution >= 4 is 10.9 Å². The van der Waals surface area contributed by atoms with E-state index in [2.05, 4.69) is 10.3 Å². The monoisotopic (exact) mass is 298 g/mol. The molecular weight excluding hydrogens is 281 g/mol. The number of rotatable bonds is 2. The summed E-state index contributed by atoms with van der Waals surface area (Å²) in [6.07, 6.45) is -4.43. The highest BCUT2D eigenvalue weighted by molar-refractivity contribution is 5.85. The Morgan fingerprint density at radius 1 is 1.14 bits per heavy atom. The third-order valence-corrected chi connectivity index (χ3v) is 2.97. The van der Waals surface area contributed by atoms with E-state index < -0.39 is 11.7 Å². The van der Waals surface area contributed by atoms with Gasteiger partial charge in [-0.3, -0.25) is 4.98 Å². The van der Waals surface area contributed by atoms with Gasteiger partial charge in [-0.25, -0.2) is 0 Å². The van der Waals surface area contributed by atoms with Gasteiger partial charge >= 0.3 is 6.18 Å². The zero-order chi connectivity index (χ0) is 15.8. The van der Waals surface area contributed by atoms with Crippen LogP contribution in [0.15, 0.2) is 24.3 Å². The van der Waals surface area contributed by atoms with E-state index >= 15 is 0 Å². The number of pyridine rings is 1. The van der Waals surface area contributed by atoms with Gasteiger partial charge < -0.3 is 10.4 Å². The van der Waals surface area contributed by atoms with Gasteiger partial charge in [-0.15, -0.1) is 0 Å². The standard InChI is InChI=1S/C15H17F3N2O/c1-14(2,3)19-8-10-7-13(21)11-5-4-9(15(16,17)18)6-12(11)20-10/h4-7,19H,8H2,1-3H3,(H,20,21). The van der Waals surface area contributed by atoms with Crippen molar-refractivity contribution in [2.24, 2.45) is 0 Å². The van der Waals surface area contributed by atoms with Gasteiger partial charge in [0.05, 0.1) is 16.8 Å². The molecule has 0 radical (unpaired) electrons. The summed E-state index contributed by atoms with van der Waals surface area (Å²) in [5.41, 5.74) is -0.298. The van der Waals surface area contributed by atoms with Crippen molar-refractivity contribution in [3.05, 3.63) is 35.5 Å². The summed E-state index contributed by atoms with van der Waals surface area (Å²) in [5.74, 6) is -0.0700. The summed E-state index contributed by atoms with van der Waals surface area (Å²) in [5, 5.41) is 13.4. The Morgan fingerprint density at radius 3 is 2.38 bits per heavy atom. The summed E-state index contributed by atoms with van der Waals surface area (Å²) < 4.78 is 38.2. The molecule has 2 aromatic rings. The average molecular weight is 298 g/mol. The van der Waals surface area contributed by atoms with E-state index in [0.717, 1.165) is 12.1 Å². The van der Waals surface area contributed by atoms with Gasteiger partial charge in [-0.2, -0.15) is 13.2 Å². The van der Waals surface area contributed by atoms with Crippen LogP contribution in [0.3, 0.4) is 0 Å². The fourth-order valence-electron chi connectivity index (χ4n) is 1.89. The fraction of sp³-hybridized carbons (Fsp3) is 0.400. The zero-order valence-electron chi connectivity index (χ0n) is 12.0. The minimum atomic E-state index is -4.43. The van der Waals surface area contributed by atoms with E-state index in [9.17, 15) is 18.3 Å². The van der Waals surface area contributed by atoms with Crippen LogP contribution in [0.25, 0.3) is 10.9 Å². The number of nitrogens with zero attached hydrogens (tertiary/aromatic N) is 1. The topological polar surface area (TPSA) is 45.1 Å². The van der Waals surface area contributed by atoms with Crippen LogP contribution in [-0.2, 0) is 12.7 Å². The third-order valence-electron chi connectivity index (χ3n) is 2.97. The van der Waals surface area contributed by atoms with E-state index in [1.165, 1.54) is 12.1 Å². The van der Waals surface area contributed by atoms with Gasteiger partial charge in [0.1, 0.15) is 5.75 Å². The number of aromatic hydroxyl groups is 1. The lowest BCUT2D eigenvalue weighted by molar-refractivity contribution is -0.137. The number of hydrogen-bond acceptors (Lipinski definition) is 3. The van der Waals surface area contributed by atoms with Crippen molar-refractivity contribution in [3.8, 4) is 5.75 Å². The third kappa shape index (κ3) is 3.85. The molecule has 21 heavy (non-hydrogen) atoms. The predicted molar refractivity (Wildman–Crippen MR) is 75.0 cm³/mol. The van der Waals surface area contributed by atoms with Crippen molar-refractivity contribution in [2.75, 3.05) is 0 Å². The second-order valence-corrected chi connectivity index (χ2v) is 5.97. The minimum absolute atomic E-state index is 0.0700. The van der Waals surface area contributed by atoms with Crippen molar-refractivity contribution < 1.29 is 18.3 Å². The van der Waals surface area contributed by atoms with Crippen molar-refractivity contribution in [1.29, 1.82) is 0 Å². The van der Waals surface area contributed by atoms with Crippen molar-refractivity contribution in [1.82, 2.24) is 10.3 Å². The molecule has 1 aromatic heterocycles. The first-order chi connectivity index (χ1) is 9.56. The van der Waals surface area contributed by atoms with Crippen LogP contribution >= 0.6 is 0 Å². The molecule has 0 fully saturated rings. The Kier molecular flexibility index (Phi) is 3.84. The fourth-order valence-corrected chi connectivity index (χ4v) is 1.89. The highest BCUT2D eigenvalue weighted by Gasteiger charge is 2.30. The molecule has 0 aliphatic carbocycles. The van der Waals surface area contributed by atoms with E-state index in [-0.39, 0.29) is 16.8 Å². The number of benzene rings is 1. The Morgan fingerprint density at radius 2 is 1.81 bits per heavy atom. The van der Waals surface area contributed by atoms with Crippen molar-refractivity contribution in [2.45, 2.75) is 39.0 Å². The first-order valence-electron chi connectivity index (χ1n) is 6.51. The van der Waals surface area contributed by atoms with Gasteiger partial charge in [0, 0.05) is 23.5 Å². The molecule has 2 N–H and O–H groups in total. The molecule has 3 nitrogen and oxygen atoms in total. The van der Waals surface area contributed by atoms with Gasteiger partial charge in [0.15, 0.2) is 0 Å². The normalized spacial score (nSPS) is 12.9. The predicted octanol–water partition coefficient (Wildman–Crippen LogP) is 3.85. The summed E-state index contributed by atoms with van der Waals surface area (Å²) in [6, 6.07) is 4.60. The van der Waals surface area contributed by atoms with E-state index in [1.54, 1.807) is 0 Å². The number of fused-ring (bicyclic) bond motifs is 1. The molecule has 0 aliphatic rings. The number of halogens is 3. The molecule has 0 amide bonds.